The smallest absolute Gasteiger partial charge is 0.221 e. The summed E-state index contributed by atoms with van der Waals surface area (Å²) in [7, 11) is 5.35. The van der Waals surface area contributed by atoms with Crippen molar-refractivity contribution in [2.75, 3.05) is 27.7 Å². The summed E-state index contributed by atoms with van der Waals surface area (Å²) in [4.78, 5) is 10.9. The van der Waals surface area contributed by atoms with Crippen LogP contribution in [0.3, 0.4) is 0 Å². The van der Waals surface area contributed by atoms with E-state index in [1.165, 1.54) is 0 Å². The van der Waals surface area contributed by atoms with Gasteiger partial charge in [-0.05, 0) is 0 Å². The van der Waals surface area contributed by atoms with Crippen molar-refractivity contribution >= 4 is 5.91 Å². The lowest BCUT2D eigenvalue weighted by Crippen LogP contribution is -2.46. The van der Waals surface area contributed by atoms with Gasteiger partial charge in [-0.3, -0.25) is 15.2 Å². The number of amides is 1. The molecule has 0 bridgehead atoms. The van der Waals surface area contributed by atoms with E-state index in [2.05, 4.69) is 10.7 Å². The van der Waals surface area contributed by atoms with Crippen LogP contribution in [0.5, 0.6) is 0 Å². The van der Waals surface area contributed by atoms with Crippen molar-refractivity contribution in [2.24, 2.45) is 5.73 Å². The molecule has 0 aromatic heterocycles. The maximum atomic E-state index is 10.9. The van der Waals surface area contributed by atoms with Gasteiger partial charge in [-0.1, -0.05) is 0 Å². The molecule has 0 spiro atoms. The van der Waals surface area contributed by atoms with Crippen molar-refractivity contribution in [3.8, 4) is 0 Å². The molecule has 0 fully saturated rings. The molecule has 0 heterocycles. The summed E-state index contributed by atoms with van der Waals surface area (Å²) in [6.07, 6.45) is 0.408. The Morgan fingerprint density at radius 3 is 2.50 bits per heavy atom. The summed E-state index contributed by atoms with van der Waals surface area (Å²) in [5, 5.41) is 4.34. The van der Waals surface area contributed by atoms with Gasteiger partial charge < -0.3 is 11.1 Å². The zero-order chi connectivity index (χ0) is 9.56. The predicted molar refractivity (Wildman–Crippen MR) is 48.3 cm³/mol. The summed E-state index contributed by atoms with van der Waals surface area (Å²) in [5.41, 5.74) is 8.50. The molecule has 1 unspecified atom stereocenters. The Kier molecular flexibility index (Phi) is 5.61. The third-order valence-electron chi connectivity index (χ3n) is 1.44. The third kappa shape index (κ3) is 5.06. The van der Waals surface area contributed by atoms with E-state index in [-0.39, 0.29) is 11.9 Å². The zero-order valence-electron chi connectivity index (χ0n) is 7.92. The molecule has 12 heavy (non-hydrogen) atoms. The SMILES string of the molecule is CNC(=O)CC(CN)NN(C)C. The van der Waals surface area contributed by atoms with E-state index in [4.69, 9.17) is 5.73 Å². The molecular formula is C7H18N4O. The van der Waals surface area contributed by atoms with Crippen molar-refractivity contribution < 1.29 is 4.79 Å². The van der Waals surface area contributed by atoms with Crippen LogP contribution in [0.25, 0.3) is 0 Å². The fourth-order valence-electron chi connectivity index (χ4n) is 0.873. The van der Waals surface area contributed by atoms with E-state index in [9.17, 15) is 4.79 Å². The molecule has 1 amide bonds. The topological polar surface area (TPSA) is 70.4 Å². The fraction of sp³-hybridized carbons (Fsp3) is 0.857. The second-order valence-electron chi connectivity index (χ2n) is 2.83. The Hall–Kier alpha value is -0.650. The van der Waals surface area contributed by atoms with E-state index in [1.807, 2.05) is 14.1 Å². The quantitative estimate of drug-likeness (QED) is 0.444. The Morgan fingerprint density at radius 1 is 1.58 bits per heavy atom. The number of hydrazine groups is 1. The summed E-state index contributed by atoms with van der Waals surface area (Å²) < 4.78 is 0. The molecule has 0 aliphatic heterocycles. The third-order valence-corrected chi connectivity index (χ3v) is 1.44. The van der Waals surface area contributed by atoms with Crippen LogP contribution in [-0.4, -0.2) is 44.6 Å². The van der Waals surface area contributed by atoms with Crippen LogP contribution >= 0.6 is 0 Å². The minimum absolute atomic E-state index is 0.000185. The number of nitrogens with one attached hydrogen (secondary N) is 2. The lowest BCUT2D eigenvalue weighted by molar-refractivity contribution is -0.121. The molecule has 0 saturated carbocycles. The highest BCUT2D eigenvalue weighted by molar-refractivity contribution is 5.76. The van der Waals surface area contributed by atoms with E-state index in [0.717, 1.165) is 0 Å². The standard InChI is InChI=1S/C7H18N4O/c1-9-7(12)4-6(5-8)10-11(2)3/h6,10H,4-5,8H2,1-3H3,(H,9,12). The molecule has 0 aliphatic rings. The number of carbonyl (C=O) groups excluding carboxylic acids is 1. The molecule has 72 valence electrons. The van der Waals surface area contributed by atoms with Crippen molar-refractivity contribution in [3.05, 3.63) is 0 Å². The molecule has 0 aliphatic carbocycles. The second kappa shape index (κ2) is 5.93. The Balaban J connectivity index is 3.74. The van der Waals surface area contributed by atoms with Crippen LogP contribution in [0.1, 0.15) is 6.42 Å². The van der Waals surface area contributed by atoms with Gasteiger partial charge in [0.1, 0.15) is 0 Å². The molecule has 0 rings (SSSR count). The predicted octanol–water partition coefficient (Wildman–Crippen LogP) is -1.48. The number of nitrogens with two attached hydrogens (primary N) is 1. The van der Waals surface area contributed by atoms with Crippen LogP contribution in [0.4, 0.5) is 0 Å². The van der Waals surface area contributed by atoms with E-state index >= 15 is 0 Å². The van der Waals surface area contributed by atoms with Crippen molar-refractivity contribution in [3.63, 3.8) is 0 Å². The molecule has 0 aromatic rings. The summed E-state index contributed by atoms with van der Waals surface area (Å²) >= 11 is 0. The van der Waals surface area contributed by atoms with Crippen LogP contribution in [0.15, 0.2) is 0 Å². The van der Waals surface area contributed by atoms with Crippen LogP contribution in [-0.2, 0) is 4.79 Å². The number of nitrogens with zero attached hydrogens (tertiary/aromatic N) is 1. The second-order valence-corrected chi connectivity index (χ2v) is 2.83. The number of hydrogen-bond donors (Lipinski definition) is 3. The normalized spacial score (nSPS) is 13.1. The van der Waals surface area contributed by atoms with Gasteiger partial charge in [0.15, 0.2) is 0 Å². The highest BCUT2D eigenvalue weighted by atomic mass is 16.1. The average Bonchev–Trinajstić information content (AvgIpc) is 2.02. The van der Waals surface area contributed by atoms with Crippen molar-refractivity contribution in [1.82, 2.24) is 15.8 Å². The van der Waals surface area contributed by atoms with Gasteiger partial charge in [0, 0.05) is 40.2 Å². The van der Waals surface area contributed by atoms with E-state index in [1.54, 1.807) is 12.1 Å². The summed E-state index contributed by atoms with van der Waals surface area (Å²) in [6, 6.07) is 0.0138. The Labute approximate surface area is 73.3 Å². The maximum absolute atomic E-state index is 10.9. The first-order chi connectivity index (χ1) is 5.60. The maximum Gasteiger partial charge on any atom is 0.221 e. The lowest BCUT2D eigenvalue weighted by Gasteiger charge is -2.20. The first-order valence-corrected chi connectivity index (χ1v) is 3.94. The van der Waals surface area contributed by atoms with Gasteiger partial charge in [-0.15, -0.1) is 0 Å². The van der Waals surface area contributed by atoms with Gasteiger partial charge in [0.2, 0.25) is 5.91 Å². The van der Waals surface area contributed by atoms with Gasteiger partial charge in [0.05, 0.1) is 0 Å². The fourth-order valence-corrected chi connectivity index (χ4v) is 0.873. The number of rotatable bonds is 5. The van der Waals surface area contributed by atoms with Crippen molar-refractivity contribution in [1.29, 1.82) is 0 Å². The Morgan fingerprint density at radius 2 is 2.17 bits per heavy atom. The molecule has 0 radical (unpaired) electrons. The largest absolute Gasteiger partial charge is 0.359 e. The average molecular weight is 174 g/mol. The monoisotopic (exact) mass is 174 g/mol. The van der Waals surface area contributed by atoms with Crippen molar-refractivity contribution in [2.45, 2.75) is 12.5 Å². The van der Waals surface area contributed by atoms with Gasteiger partial charge in [-0.2, -0.15) is 0 Å². The molecular weight excluding hydrogens is 156 g/mol. The minimum atomic E-state index is -0.000185. The highest BCUT2D eigenvalue weighted by Crippen LogP contribution is 1.89. The van der Waals surface area contributed by atoms with Gasteiger partial charge in [0.25, 0.3) is 0 Å². The molecule has 1 atom stereocenters. The van der Waals surface area contributed by atoms with Gasteiger partial charge >= 0.3 is 0 Å². The molecule has 0 saturated heterocycles. The van der Waals surface area contributed by atoms with Crippen LogP contribution in [0, 0.1) is 0 Å². The molecule has 0 aromatic carbocycles. The minimum Gasteiger partial charge on any atom is -0.359 e. The summed E-state index contributed by atoms with van der Waals surface area (Å²) in [6.45, 7) is 0.450. The highest BCUT2D eigenvalue weighted by Gasteiger charge is 2.10. The number of carbonyl (C=O) groups is 1. The Bertz CT molecular complexity index is 137. The molecule has 4 N–H and O–H groups in total. The summed E-state index contributed by atoms with van der Waals surface area (Å²) in [5.74, 6) is -0.000185. The molecule has 5 heteroatoms. The van der Waals surface area contributed by atoms with Crippen LogP contribution < -0.4 is 16.5 Å². The van der Waals surface area contributed by atoms with Gasteiger partial charge in [-0.25, -0.2) is 0 Å². The first kappa shape index (κ1) is 11.4. The number of hydrogen-bond acceptors (Lipinski definition) is 4. The van der Waals surface area contributed by atoms with E-state index < -0.39 is 0 Å². The van der Waals surface area contributed by atoms with Crippen LogP contribution in [0.2, 0.25) is 0 Å². The first-order valence-electron chi connectivity index (χ1n) is 3.94. The lowest BCUT2D eigenvalue weighted by atomic mass is 10.2. The molecule has 5 nitrogen and oxygen atoms in total. The zero-order valence-corrected chi connectivity index (χ0v) is 7.92. The van der Waals surface area contributed by atoms with E-state index in [0.29, 0.717) is 13.0 Å².